The molecule has 2 aromatic rings. The van der Waals surface area contributed by atoms with Crippen molar-refractivity contribution in [3.05, 3.63) is 24.4 Å². The van der Waals surface area contributed by atoms with E-state index < -0.39 is 0 Å². The fourth-order valence-corrected chi connectivity index (χ4v) is 3.31. The molecule has 0 spiro atoms. The lowest BCUT2D eigenvalue weighted by atomic mass is 10.1. The van der Waals surface area contributed by atoms with Gasteiger partial charge in [0.1, 0.15) is 5.15 Å². The van der Waals surface area contributed by atoms with Gasteiger partial charge >= 0.3 is 0 Å². The Labute approximate surface area is 137 Å². The number of halogens is 3. The van der Waals surface area contributed by atoms with Gasteiger partial charge in [-0.1, -0.05) is 25.4 Å². The van der Waals surface area contributed by atoms with Crippen molar-refractivity contribution < 1.29 is 0 Å². The lowest BCUT2D eigenvalue weighted by Gasteiger charge is -2.08. The number of rotatable bonds is 3. The van der Waals surface area contributed by atoms with E-state index in [1.54, 1.807) is 11.3 Å². The molecule has 0 atom stereocenters. The van der Waals surface area contributed by atoms with Gasteiger partial charge in [-0.2, -0.15) is 0 Å². The van der Waals surface area contributed by atoms with E-state index >= 15 is 0 Å². The molecule has 0 unspecified atom stereocenters. The fraction of sp³-hybridized carbons (Fsp3) is 0.364. The van der Waals surface area contributed by atoms with E-state index in [9.17, 15) is 0 Å². The molecule has 0 amide bonds. The average Bonchev–Trinajstić information content (AvgIpc) is 2.70. The third-order valence-corrected chi connectivity index (χ3v) is 5.21. The summed E-state index contributed by atoms with van der Waals surface area (Å²) < 4.78 is 1.89. The Balaban J connectivity index is 2.46. The Morgan fingerprint density at radius 2 is 2.17 bits per heavy atom. The predicted molar refractivity (Wildman–Crippen MR) is 87.1 cm³/mol. The standard InChI is InChI=1S/C11H10BrClIN3S/c1-5(2)3-6-8(12)9(13)17-10(16-6)11-15-4-7(14)18-11/h4-5H,3H2,1-2H3. The summed E-state index contributed by atoms with van der Waals surface area (Å²) in [6.07, 6.45) is 2.67. The van der Waals surface area contributed by atoms with Gasteiger partial charge < -0.3 is 0 Å². The normalized spacial score (nSPS) is 11.2. The summed E-state index contributed by atoms with van der Waals surface area (Å²) in [7, 11) is 0. The van der Waals surface area contributed by atoms with Crippen LogP contribution < -0.4 is 0 Å². The first-order chi connectivity index (χ1) is 8.47. The van der Waals surface area contributed by atoms with Gasteiger partial charge in [0.25, 0.3) is 0 Å². The maximum absolute atomic E-state index is 6.14. The van der Waals surface area contributed by atoms with Gasteiger partial charge in [0, 0.05) is 0 Å². The van der Waals surface area contributed by atoms with Crippen LogP contribution in [0.5, 0.6) is 0 Å². The largest absolute Gasteiger partial charge is 0.240 e. The highest BCUT2D eigenvalue weighted by Gasteiger charge is 2.15. The van der Waals surface area contributed by atoms with Crippen molar-refractivity contribution in [2.75, 3.05) is 0 Å². The molecule has 7 heteroatoms. The minimum Gasteiger partial charge on any atom is -0.240 e. The highest BCUT2D eigenvalue weighted by atomic mass is 127. The van der Waals surface area contributed by atoms with Gasteiger partial charge in [-0.3, -0.25) is 0 Å². The van der Waals surface area contributed by atoms with Crippen molar-refractivity contribution in [3.63, 3.8) is 0 Å². The molecule has 18 heavy (non-hydrogen) atoms. The van der Waals surface area contributed by atoms with Crippen LogP contribution in [0.1, 0.15) is 19.5 Å². The van der Waals surface area contributed by atoms with Crippen LogP contribution in [0.25, 0.3) is 10.8 Å². The number of thiazole rings is 1. The molecule has 2 rings (SSSR count). The molecule has 0 fully saturated rings. The lowest BCUT2D eigenvalue weighted by Crippen LogP contribution is -2.02. The summed E-state index contributed by atoms with van der Waals surface area (Å²) in [5.41, 5.74) is 0.935. The topological polar surface area (TPSA) is 38.7 Å². The predicted octanol–water partition coefficient (Wildman–Crippen LogP) is 4.82. The number of nitrogens with zero attached hydrogens (tertiary/aromatic N) is 3. The zero-order chi connectivity index (χ0) is 13.3. The molecule has 0 saturated heterocycles. The minimum atomic E-state index is 0.445. The van der Waals surface area contributed by atoms with E-state index in [1.807, 2.05) is 6.20 Å². The monoisotopic (exact) mass is 457 g/mol. The summed E-state index contributed by atoms with van der Waals surface area (Å²) >= 11 is 13.4. The van der Waals surface area contributed by atoms with Crippen LogP contribution in [0.4, 0.5) is 0 Å². The number of hydrogen-bond acceptors (Lipinski definition) is 4. The van der Waals surface area contributed by atoms with Crippen LogP contribution >= 0.6 is 61.5 Å². The van der Waals surface area contributed by atoms with Crippen molar-refractivity contribution in [1.82, 2.24) is 15.0 Å². The number of hydrogen-bond donors (Lipinski definition) is 0. The molecule has 3 nitrogen and oxygen atoms in total. The molecule has 2 aromatic heterocycles. The van der Waals surface area contributed by atoms with Crippen LogP contribution in [-0.4, -0.2) is 15.0 Å². The molecular weight excluding hydrogens is 448 g/mol. The zero-order valence-corrected chi connectivity index (χ0v) is 15.1. The third-order valence-electron chi connectivity index (χ3n) is 2.15. The van der Waals surface area contributed by atoms with E-state index in [1.165, 1.54) is 0 Å². The Morgan fingerprint density at radius 3 is 2.72 bits per heavy atom. The van der Waals surface area contributed by atoms with Gasteiger partial charge in [0.05, 0.1) is 19.2 Å². The van der Waals surface area contributed by atoms with Crippen LogP contribution in [0.15, 0.2) is 10.7 Å². The molecule has 0 aliphatic carbocycles. The second-order valence-electron chi connectivity index (χ2n) is 4.17. The average molecular weight is 459 g/mol. The summed E-state index contributed by atoms with van der Waals surface area (Å²) in [5, 5.41) is 1.25. The van der Waals surface area contributed by atoms with Crippen molar-refractivity contribution in [3.8, 4) is 10.8 Å². The third kappa shape index (κ3) is 3.40. The second-order valence-corrected chi connectivity index (χ2v) is 8.24. The van der Waals surface area contributed by atoms with Gasteiger partial charge in [-0.25, -0.2) is 15.0 Å². The van der Waals surface area contributed by atoms with E-state index in [0.717, 1.165) is 24.5 Å². The molecule has 0 radical (unpaired) electrons. The van der Waals surface area contributed by atoms with E-state index in [0.29, 0.717) is 16.9 Å². The first-order valence-electron chi connectivity index (χ1n) is 5.31. The minimum absolute atomic E-state index is 0.445. The highest BCUT2D eigenvalue weighted by molar-refractivity contribution is 14.1. The summed E-state index contributed by atoms with van der Waals surface area (Å²) in [4.78, 5) is 13.1. The van der Waals surface area contributed by atoms with Crippen LogP contribution in [-0.2, 0) is 6.42 Å². The first kappa shape index (κ1) is 14.6. The van der Waals surface area contributed by atoms with Crippen molar-refractivity contribution >= 4 is 61.5 Å². The molecule has 96 valence electrons. The fourth-order valence-electron chi connectivity index (χ4n) is 1.44. The maximum atomic E-state index is 6.14. The summed E-state index contributed by atoms with van der Waals surface area (Å²) in [6, 6.07) is 0. The van der Waals surface area contributed by atoms with E-state index in [2.05, 4.69) is 67.3 Å². The molecule has 0 aromatic carbocycles. The Kier molecular flexibility index (Phi) is 4.96. The quantitative estimate of drug-likeness (QED) is 0.489. The van der Waals surface area contributed by atoms with Gasteiger partial charge in [0.15, 0.2) is 10.8 Å². The van der Waals surface area contributed by atoms with Gasteiger partial charge in [0.2, 0.25) is 0 Å². The molecule has 0 bridgehead atoms. The van der Waals surface area contributed by atoms with Gasteiger partial charge in [-0.05, 0) is 50.9 Å². The highest BCUT2D eigenvalue weighted by Crippen LogP contribution is 2.30. The lowest BCUT2D eigenvalue weighted by molar-refractivity contribution is 0.632. The van der Waals surface area contributed by atoms with Crippen LogP contribution in [0.3, 0.4) is 0 Å². The summed E-state index contributed by atoms with van der Waals surface area (Å²) in [5.74, 6) is 1.11. The smallest absolute Gasteiger partial charge is 0.190 e. The van der Waals surface area contributed by atoms with Crippen molar-refractivity contribution in [2.45, 2.75) is 20.3 Å². The van der Waals surface area contributed by atoms with Crippen molar-refractivity contribution in [1.29, 1.82) is 0 Å². The van der Waals surface area contributed by atoms with Crippen LogP contribution in [0.2, 0.25) is 5.15 Å². The van der Waals surface area contributed by atoms with E-state index in [-0.39, 0.29) is 0 Å². The second kappa shape index (κ2) is 6.11. The van der Waals surface area contributed by atoms with Crippen LogP contribution in [0, 0.1) is 8.80 Å². The molecule has 2 heterocycles. The molecule has 0 aliphatic heterocycles. The summed E-state index contributed by atoms with van der Waals surface area (Å²) in [6.45, 7) is 4.29. The Morgan fingerprint density at radius 1 is 1.44 bits per heavy atom. The zero-order valence-electron chi connectivity index (χ0n) is 9.75. The van der Waals surface area contributed by atoms with E-state index in [4.69, 9.17) is 11.6 Å². The molecule has 0 N–H and O–H groups in total. The Bertz CT molecular complexity index is 573. The van der Waals surface area contributed by atoms with Crippen molar-refractivity contribution in [2.24, 2.45) is 5.92 Å². The van der Waals surface area contributed by atoms with Gasteiger partial charge in [-0.15, -0.1) is 11.3 Å². The Hall–Kier alpha value is 0.210. The molecule has 0 aliphatic rings. The maximum Gasteiger partial charge on any atom is 0.190 e. The first-order valence-corrected chi connectivity index (χ1v) is 8.37. The SMILES string of the molecule is CC(C)Cc1nc(-c2ncc(I)s2)nc(Cl)c1Br. The molecular formula is C11H10BrClIN3S. The molecule has 0 saturated carbocycles. The number of aromatic nitrogens is 3.